The van der Waals surface area contributed by atoms with Crippen LogP contribution < -0.4 is 5.32 Å². The second-order valence-electron chi connectivity index (χ2n) is 6.67. The smallest absolute Gasteiger partial charge is 0.408 e. The van der Waals surface area contributed by atoms with Crippen molar-refractivity contribution in [2.24, 2.45) is 11.3 Å². The predicted molar refractivity (Wildman–Crippen MR) is 71.0 cm³/mol. The summed E-state index contributed by atoms with van der Waals surface area (Å²) in [6.45, 7) is 7.30. The Morgan fingerprint density at radius 1 is 1.40 bits per heavy atom. The first-order valence-corrected chi connectivity index (χ1v) is 7.00. The standard InChI is InChI=1S/C14H23NO5/c1-5-19-10(17)14(8-13(14)6-9(13)7-16)15-11(18)20-12(2,3)4/h9,16H,5-8H2,1-4H3,(H,15,18)/t9-,13-,14-/m1/s1. The maximum atomic E-state index is 12.2. The Morgan fingerprint density at radius 2 is 2.05 bits per heavy atom. The Hall–Kier alpha value is -1.30. The molecule has 0 saturated heterocycles. The summed E-state index contributed by atoms with van der Waals surface area (Å²) in [4.78, 5) is 24.1. The lowest BCUT2D eigenvalue weighted by atomic mass is 10.1. The van der Waals surface area contributed by atoms with Gasteiger partial charge in [0.1, 0.15) is 11.1 Å². The Morgan fingerprint density at radius 3 is 2.50 bits per heavy atom. The van der Waals surface area contributed by atoms with Crippen LogP contribution in [-0.4, -0.2) is 41.5 Å². The molecule has 0 heterocycles. The van der Waals surface area contributed by atoms with Crippen molar-refractivity contribution in [1.29, 1.82) is 0 Å². The summed E-state index contributed by atoms with van der Waals surface area (Å²) in [5, 5.41) is 11.9. The van der Waals surface area contributed by atoms with Crippen LogP contribution in [0, 0.1) is 11.3 Å². The Bertz CT molecular complexity index is 430. The number of carbonyl (C=O) groups is 2. The van der Waals surface area contributed by atoms with Gasteiger partial charge in [0.2, 0.25) is 0 Å². The second-order valence-corrected chi connectivity index (χ2v) is 6.67. The molecule has 114 valence electrons. The molecule has 2 saturated carbocycles. The summed E-state index contributed by atoms with van der Waals surface area (Å²) in [7, 11) is 0. The summed E-state index contributed by atoms with van der Waals surface area (Å²) < 4.78 is 10.3. The SMILES string of the molecule is CCOC(=O)[C@]1(NC(=O)OC(C)(C)C)C[C@@]12C[C@@H]2CO. The molecule has 20 heavy (non-hydrogen) atoms. The van der Waals surface area contributed by atoms with Crippen molar-refractivity contribution in [3.05, 3.63) is 0 Å². The van der Waals surface area contributed by atoms with Gasteiger partial charge in [-0.2, -0.15) is 0 Å². The molecule has 0 aromatic rings. The molecule has 0 bridgehead atoms. The van der Waals surface area contributed by atoms with Crippen LogP contribution in [0.2, 0.25) is 0 Å². The lowest BCUT2D eigenvalue weighted by Gasteiger charge is -2.23. The van der Waals surface area contributed by atoms with Crippen LogP contribution in [0.3, 0.4) is 0 Å². The van der Waals surface area contributed by atoms with E-state index in [1.54, 1.807) is 27.7 Å². The zero-order chi connectivity index (χ0) is 15.2. The highest BCUT2D eigenvalue weighted by Gasteiger charge is 2.84. The van der Waals surface area contributed by atoms with E-state index in [1.165, 1.54) is 0 Å². The summed E-state index contributed by atoms with van der Waals surface area (Å²) in [5.74, 6) is -0.372. The lowest BCUT2D eigenvalue weighted by Crippen LogP contribution is -2.48. The van der Waals surface area contributed by atoms with Gasteiger partial charge in [-0.15, -0.1) is 0 Å². The number of nitrogens with one attached hydrogen (secondary N) is 1. The van der Waals surface area contributed by atoms with E-state index in [0.29, 0.717) is 6.42 Å². The molecule has 2 fully saturated rings. The number of rotatable bonds is 4. The number of carbonyl (C=O) groups excluding carboxylic acids is 2. The van der Waals surface area contributed by atoms with E-state index >= 15 is 0 Å². The van der Waals surface area contributed by atoms with Crippen LogP contribution in [0.5, 0.6) is 0 Å². The maximum absolute atomic E-state index is 12.2. The molecular weight excluding hydrogens is 262 g/mol. The van der Waals surface area contributed by atoms with Gasteiger partial charge < -0.3 is 19.9 Å². The predicted octanol–water partition coefficient (Wildman–Crippen LogP) is 1.22. The number of alkyl carbamates (subject to hydrolysis) is 1. The number of ether oxygens (including phenoxy) is 2. The topological polar surface area (TPSA) is 84.9 Å². The molecule has 6 heteroatoms. The van der Waals surface area contributed by atoms with E-state index in [4.69, 9.17) is 9.47 Å². The molecule has 2 rings (SSSR count). The van der Waals surface area contributed by atoms with Gasteiger partial charge in [-0.3, -0.25) is 0 Å². The van der Waals surface area contributed by atoms with Crippen LogP contribution in [0.25, 0.3) is 0 Å². The van der Waals surface area contributed by atoms with E-state index < -0.39 is 23.2 Å². The first kappa shape index (κ1) is 15.1. The Labute approximate surface area is 118 Å². The minimum atomic E-state index is -1.02. The summed E-state index contributed by atoms with van der Waals surface area (Å²) in [6, 6.07) is 0. The lowest BCUT2D eigenvalue weighted by molar-refractivity contribution is -0.147. The molecule has 2 N–H and O–H groups in total. The zero-order valence-electron chi connectivity index (χ0n) is 12.5. The molecule has 0 aliphatic heterocycles. The number of esters is 1. The average molecular weight is 285 g/mol. The summed E-state index contributed by atoms with van der Waals surface area (Å²) in [6.07, 6.45) is 0.632. The molecule has 2 aliphatic carbocycles. The monoisotopic (exact) mass is 285 g/mol. The van der Waals surface area contributed by atoms with Gasteiger partial charge in [0.05, 0.1) is 6.61 Å². The molecule has 1 spiro atoms. The average Bonchev–Trinajstić information content (AvgIpc) is 3.15. The quantitative estimate of drug-likeness (QED) is 0.759. The largest absolute Gasteiger partial charge is 0.464 e. The minimum Gasteiger partial charge on any atom is -0.464 e. The third-order valence-corrected chi connectivity index (χ3v) is 4.10. The second kappa shape index (κ2) is 4.62. The van der Waals surface area contributed by atoms with Gasteiger partial charge >= 0.3 is 12.1 Å². The maximum Gasteiger partial charge on any atom is 0.408 e. The molecule has 1 amide bonds. The number of amides is 1. The summed E-state index contributed by atoms with van der Waals surface area (Å²) >= 11 is 0. The van der Waals surface area contributed by atoms with E-state index in [-0.39, 0.29) is 24.5 Å². The number of hydrogen-bond donors (Lipinski definition) is 2. The molecule has 0 radical (unpaired) electrons. The summed E-state index contributed by atoms with van der Waals surface area (Å²) in [5.41, 5.74) is -1.97. The van der Waals surface area contributed by atoms with Crippen molar-refractivity contribution in [3.8, 4) is 0 Å². The van der Waals surface area contributed by atoms with Crippen LogP contribution in [0.1, 0.15) is 40.5 Å². The highest BCUT2D eigenvalue weighted by atomic mass is 16.6. The van der Waals surface area contributed by atoms with Crippen molar-refractivity contribution < 1.29 is 24.2 Å². The fourth-order valence-electron chi connectivity index (χ4n) is 3.02. The van der Waals surface area contributed by atoms with Gasteiger partial charge in [-0.25, -0.2) is 9.59 Å². The first-order chi connectivity index (χ1) is 9.21. The van der Waals surface area contributed by atoms with Gasteiger partial charge in [0.15, 0.2) is 0 Å². The normalized spacial score (nSPS) is 34.5. The third-order valence-electron chi connectivity index (χ3n) is 4.10. The van der Waals surface area contributed by atoms with Gasteiger partial charge in [0, 0.05) is 12.0 Å². The molecular formula is C14H23NO5. The molecule has 6 nitrogen and oxygen atoms in total. The van der Waals surface area contributed by atoms with E-state index in [0.717, 1.165) is 6.42 Å². The van der Waals surface area contributed by atoms with Gasteiger partial charge in [0.25, 0.3) is 0 Å². The van der Waals surface area contributed by atoms with Crippen molar-refractivity contribution >= 4 is 12.1 Å². The van der Waals surface area contributed by atoms with Crippen molar-refractivity contribution in [3.63, 3.8) is 0 Å². The van der Waals surface area contributed by atoms with Gasteiger partial charge in [-0.05, 0) is 46.5 Å². The van der Waals surface area contributed by atoms with Crippen molar-refractivity contribution in [1.82, 2.24) is 5.32 Å². The van der Waals surface area contributed by atoms with Crippen LogP contribution in [0.4, 0.5) is 4.79 Å². The molecule has 0 unspecified atom stereocenters. The highest BCUT2D eigenvalue weighted by molar-refractivity contribution is 5.92. The van der Waals surface area contributed by atoms with Crippen molar-refractivity contribution in [2.45, 2.75) is 51.7 Å². The highest BCUT2D eigenvalue weighted by Crippen LogP contribution is 2.76. The van der Waals surface area contributed by atoms with Gasteiger partial charge in [-0.1, -0.05) is 0 Å². The zero-order valence-corrected chi connectivity index (χ0v) is 12.5. The number of hydrogen-bond acceptors (Lipinski definition) is 5. The fraction of sp³-hybridized carbons (Fsp3) is 0.857. The van der Waals surface area contributed by atoms with Crippen LogP contribution in [0.15, 0.2) is 0 Å². The van der Waals surface area contributed by atoms with Crippen molar-refractivity contribution in [2.75, 3.05) is 13.2 Å². The number of aliphatic hydroxyl groups excluding tert-OH is 1. The van der Waals surface area contributed by atoms with Crippen LogP contribution in [-0.2, 0) is 14.3 Å². The van der Waals surface area contributed by atoms with E-state index in [2.05, 4.69) is 5.32 Å². The first-order valence-electron chi connectivity index (χ1n) is 7.00. The Balaban J connectivity index is 2.07. The van der Waals surface area contributed by atoms with Crippen LogP contribution >= 0.6 is 0 Å². The van der Waals surface area contributed by atoms with E-state index in [9.17, 15) is 14.7 Å². The van der Waals surface area contributed by atoms with E-state index in [1.807, 2.05) is 0 Å². The fourth-order valence-corrected chi connectivity index (χ4v) is 3.02. The molecule has 2 aliphatic rings. The number of aliphatic hydroxyl groups is 1. The Kier molecular flexibility index (Phi) is 3.48. The molecule has 0 aromatic carbocycles. The minimum absolute atomic E-state index is 0.0250. The molecule has 0 aromatic heterocycles. The molecule has 3 atom stereocenters. The third kappa shape index (κ3) is 2.37.